The molecule has 3 aromatic rings. The number of methoxy groups -OCH3 is 1. The van der Waals surface area contributed by atoms with Crippen LogP contribution in [0.15, 0.2) is 70.9 Å². The zero-order valence-corrected chi connectivity index (χ0v) is 17.2. The molecule has 0 fully saturated rings. The van der Waals surface area contributed by atoms with E-state index >= 15 is 0 Å². The second kappa shape index (κ2) is 10.5. The molecule has 2 N–H and O–H groups in total. The smallest absolute Gasteiger partial charge is 0.335 e. The molecule has 8 nitrogen and oxygen atoms in total. The number of nitrogens with zero attached hydrogens (tertiary/aromatic N) is 1. The first kappa shape index (κ1) is 22.2. The highest BCUT2D eigenvalue weighted by molar-refractivity contribution is 6.01. The standard InChI is InChI=1S/C24H20N2O6/c1-30-22-12-16(10-19(13-25)23(27)26-14-20-6-3-9-31-20)7-8-21(22)32-15-17-4-2-5-18(11-17)24(28)29/h2-12H,14-15H2,1H3,(H,26,27)(H,28,29)/b19-10+. The first-order chi connectivity index (χ1) is 15.5. The van der Waals surface area contributed by atoms with Gasteiger partial charge < -0.3 is 24.3 Å². The molecule has 1 aromatic heterocycles. The Hall–Kier alpha value is -4.51. The summed E-state index contributed by atoms with van der Waals surface area (Å²) in [4.78, 5) is 23.4. The fourth-order valence-corrected chi connectivity index (χ4v) is 2.84. The first-order valence-corrected chi connectivity index (χ1v) is 9.55. The van der Waals surface area contributed by atoms with Gasteiger partial charge in [0.2, 0.25) is 0 Å². The van der Waals surface area contributed by atoms with Crippen molar-refractivity contribution in [1.82, 2.24) is 5.32 Å². The van der Waals surface area contributed by atoms with Gasteiger partial charge in [0.1, 0.15) is 24.0 Å². The van der Waals surface area contributed by atoms with Crippen molar-refractivity contribution in [1.29, 1.82) is 5.26 Å². The van der Waals surface area contributed by atoms with Crippen molar-refractivity contribution < 1.29 is 28.6 Å². The average molecular weight is 432 g/mol. The van der Waals surface area contributed by atoms with E-state index in [0.29, 0.717) is 28.4 Å². The van der Waals surface area contributed by atoms with Crippen molar-refractivity contribution in [3.63, 3.8) is 0 Å². The van der Waals surface area contributed by atoms with E-state index in [-0.39, 0.29) is 24.3 Å². The number of hydrogen-bond donors (Lipinski definition) is 2. The summed E-state index contributed by atoms with van der Waals surface area (Å²) in [6.45, 7) is 0.315. The van der Waals surface area contributed by atoms with Crippen LogP contribution in [0.3, 0.4) is 0 Å². The largest absolute Gasteiger partial charge is 0.493 e. The molecule has 0 aliphatic carbocycles. The van der Waals surface area contributed by atoms with Gasteiger partial charge in [0, 0.05) is 0 Å². The lowest BCUT2D eigenvalue weighted by atomic mass is 10.1. The van der Waals surface area contributed by atoms with Crippen molar-refractivity contribution in [2.24, 2.45) is 0 Å². The van der Waals surface area contributed by atoms with Gasteiger partial charge in [-0.25, -0.2) is 4.79 Å². The predicted octanol–water partition coefficient (Wildman–Crippen LogP) is 3.79. The molecule has 0 saturated carbocycles. The van der Waals surface area contributed by atoms with E-state index in [1.807, 2.05) is 6.07 Å². The van der Waals surface area contributed by atoms with Crippen LogP contribution in [0.2, 0.25) is 0 Å². The maximum Gasteiger partial charge on any atom is 0.335 e. The lowest BCUT2D eigenvalue weighted by Crippen LogP contribution is -2.23. The quantitative estimate of drug-likeness (QED) is 0.390. The average Bonchev–Trinajstić information content (AvgIpc) is 3.33. The molecule has 0 unspecified atom stereocenters. The van der Waals surface area contributed by atoms with Gasteiger partial charge in [-0.1, -0.05) is 18.2 Å². The summed E-state index contributed by atoms with van der Waals surface area (Å²) in [5.41, 5.74) is 1.37. The summed E-state index contributed by atoms with van der Waals surface area (Å²) in [6.07, 6.45) is 2.95. The minimum Gasteiger partial charge on any atom is -0.493 e. The molecule has 162 valence electrons. The van der Waals surface area contributed by atoms with Crippen LogP contribution < -0.4 is 14.8 Å². The number of furan rings is 1. The molecule has 0 spiro atoms. The molecule has 0 aliphatic rings. The number of nitriles is 1. The van der Waals surface area contributed by atoms with Crippen LogP contribution in [-0.2, 0) is 17.9 Å². The second-order valence-corrected chi connectivity index (χ2v) is 6.64. The SMILES string of the molecule is COc1cc(/C=C(\C#N)C(=O)NCc2ccco2)ccc1OCc1cccc(C(=O)O)c1. The molecule has 0 bridgehead atoms. The highest BCUT2D eigenvalue weighted by Gasteiger charge is 2.12. The van der Waals surface area contributed by atoms with Crippen LogP contribution in [0.1, 0.15) is 27.2 Å². The number of carbonyl (C=O) groups is 2. The van der Waals surface area contributed by atoms with Crippen LogP contribution in [0.25, 0.3) is 6.08 Å². The number of benzene rings is 2. The summed E-state index contributed by atoms with van der Waals surface area (Å²) in [6, 6.07) is 16.7. The van der Waals surface area contributed by atoms with E-state index in [4.69, 9.17) is 19.0 Å². The number of nitrogens with one attached hydrogen (secondary N) is 1. The minimum absolute atomic E-state index is 0.0715. The number of rotatable bonds is 9. The van der Waals surface area contributed by atoms with Gasteiger partial charge >= 0.3 is 5.97 Å². The molecule has 0 saturated heterocycles. The van der Waals surface area contributed by atoms with Crippen LogP contribution in [0.5, 0.6) is 11.5 Å². The third kappa shape index (κ3) is 5.77. The lowest BCUT2D eigenvalue weighted by Gasteiger charge is -2.12. The molecule has 2 aromatic carbocycles. The molecule has 1 amide bonds. The highest BCUT2D eigenvalue weighted by Crippen LogP contribution is 2.29. The van der Waals surface area contributed by atoms with Gasteiger partial charge in [-0.05, 0) is 53.6 Å². The van der Waals surface area contributed by atoms with Gasteiger partial charge in [0.15, 0.2) is 11.5 Å². The number of carbonyl (C=O) groups excluding carboxylic acids is 1. The Bertz CT molecular complexity index is 1180. The van der Waals surface area contributed by atoms with Crippen molar-refractivity contribution in [2.75, 3.05) is 7.11 Å². The Labute approximate surface area is 184 Å². The Kier molecular flexibility index (Phi) is 7.28. The molecule has 0 atom stereocenters. The van der Waals surface area contributed by atoms with Crippen LogP contribution in [0, 0.1) is 11.3 Å². The Morgan fingerprint density at radius 2 is 2.00 bits per heavy atom. The number of carboxylic acid groups (broad SMARTS) is 1. The van der Waals surface area contributed by atoms with Gasteiger partial charge in [-0.2, -0.15) is 5.26 Å². The van der Waals surface area contributed by atoms with Crippen LogP contribution in [-0.4, -0.2) is 24.1 Å². The van der Waals surface area contributed by atoms with Gasteiger partial charge in [0.25, 0.3) is 5.91 Å². The molecule has 3 rings (SSSR count). The molecular formula is C24H20N2O6. The fourth-order valence-electron chi connectivity index (χ4n) is 2.84. The summed E-state index contributed by atoms with van der Waals surface area (Å²) in [7, 11) is 1.47. The zero-order chi connectivity index (χ0) is 22.9. The van der Waals surface area contributed by atoms with E-state index < -0.39 is 11.9 Å². The molecular weight excluding hydrogens is 412 g/mol. The van der Waals surface area contributed by atoms with E-state index in [2.05, 4.69) is 5.32 Å². The number of ether oxygens (including phenoxy) is 2. The summed E-state index contributed by atoms with van der Waals surface area (Å²) in [5, 5.41) is 21.1. The monoisotopic (exact) mass is 432 g/mol. The van der Waals surface area contributed by atoms with Crippen molar-refractivity contribution in [3.05, 3.63) is 88.9 Å². The summed E-state index contributed by atoms with van der Waals surface area (Å²) >= 11 is 0. The Morgan fingerprint density at radius 3 is 2.69 bits per heavy atom. The van der Waals surface area contributed by atoms with Crippen molar-refractivity contribution in [3.8, 4) is 17.6 Å². The van der Waals surface area contributed by atoms with E-state index in [1.54, 1.807) is 42.5 Å². The van der Waals surface area contributed by atoms with Crippen molar-refractivity contribution in [2.45, 2.75) is 13.2 Å². The summed E-state index contributed by atoms with van der Waals surface area (Å²) < 4.78 is 16.3. The van der Waals surface area contributed by atoms with E-state index in [9.17, 15) is 14.9 Å². The highest BCUT2D eigenvalue weighted by atomic mass is 16.5. The molecule has 32 heavy (non-hydrogen) atoms. The molecule has 8 heteroatoms. The van der Waals surface area contributed by atoms with Crippen molar-refractivity contribution >= 4 is 18.0 Å². The summed E-state index contributed by atoms with van der Waals surface area (Å²) in [5.74, 6) is -0.121. The Morgan fingerprint density at radius 1 is 1.16 bits per heavy atom. The number of aromatic carboxylic acids is 1. The van der Waals surface area contributed by atoms with Gasteiger partial charge in [-0.3, -0.25) is 4.79 Å². The van der Waals surface area contributed by atoms with E-state index in [0.717, 1.165) is 0 Å². The lowest BCUT2D eigenvalue weighted by molar-refractivity contribution is -0.117. The third-order valence-corrected chi connectivity index (χ3v) is 4.44. The maximum atomic E-state index is 12.3. The van der Waals surface area contributed by atoms with Crippen LogP contribution in [0.4, 0.5) is 0 Å². The Balaban J connectivity index is 1.70. The predicted molar refractivity (Wildman–Crippen MR) is 115 cm³/mol. The zero-order valence-electron chi connectivity index (χ0n) is 17.2. The van der Waals surface area contributed by atoms with Gasteiger partial charge in [0.05, 0.1) is 25.5 Å². The van der Waals surface area contributed by atoms with Gasteiger partial charge in [-0.15, -0.1) is 0 Å². The fraction of sp³-hybridized carbons (Fsp3) is 0.125. The molecule has 0 aliphatic heterocycles. The first-order valence-electron chi connectivity index (χ1n) is 9.55. The van der Waals surface area contributed by atoms with E-state index in [1.165, 1.54) is 31.6 Å². The number of hydrogen-bond acceptors (Lipinski definition) is 6. The topological polar surface area (TPSA) is 122 Å². The third-order valence-electron chi connectivity index (χ3n) is 4.44. The number of carboxylic acids is 1. The molecule has 1 heterocycles. The van der Waals surface area contributed by atoms with Crippen LogP contribution >= 0.6 is 0 Å². The minimum atomic E-state index is -1.01. The number of amides is 1. The normalized spacial score (nSPS) is 10.8. The molecule has 0 radical (unpaired) electrons. The maximum absolute atomic E-state index is 12.3. The second-order valence-electron chi connectivity index (χ2n) is 6.64.